The van der Waals surface area contributed by atoms with Crippen molar-refractivity contribution in [2.24, 2.45) is 0 Å². The Morgan fingerprint density at radius 3 is 2.45 bits per heavy atom. The fourth-order valence-electron chi connectivity index (χ4n) is 2.47. The zero-order valence-corrected chi connectivity index (χ0v) is 10.6. The van der Waals surface area contributed by atoms with Gasteiger partial charge in [-0.05, 0) is 31.0 Å². The normalized spacial score (nSPS) is 15.8. The average Bonchev–Trinajstić information content (AvgIpc) is 3.10. The van der Waals surface area contributed by atoms with Crippen molar-refractivity contribution in [3.8, 4) is 5.69 Å². The van der Waals surface area contributed by atoms with E-state index in [1.54, 1.807) is 11.1 Å². The zero-order chi connectivity index (χ0) is 14.2. The van der Waals surface area contributed by atoms with Crippen LogP contribution in [0.3, 0.4) is 0 Å². The molecule has 0 unspecified atom stereocenters. The van der Waals surface area contributed by atoms with Crippen molar-refractivity contribution < 1.29 is 13.2 Å². The zero-order valence-electron chi connectivity index (χ0n) is 10.6. The maximum atomic E-state index is 13.1. The highest BCUT2D eigenvalue weighted by Gasteiger charge is 2.35. The third kappa shape index (κ3) is 2.35. The molecule has 2 aromatic rings. The van der Waals surface area contributed by atoms with E-state index in [1.165, 1.54) is 23.0 Å². The molecule has 4 nitrogen and oxygen atoms in total. The van der Waals surface area contributed by atoms with E-state index >= 15 is 0 Å². The summed E-state index contributed by atoms with van der Waals surface area (Å²) in [6.07, 6.45) is 0.595. The molecule has 20 heavy (non-hydrogen) atoms. The Morgan fingerprint density at radius 2 is 1.85 bits per heavy atom. The quantitative estimate of drug-likeness (QED) is 0.849. The summed E-state index contributed by atoms with van der Waals surface area (Å²) in [5.74, 6) is 0. The number of rotatable bonds is 2. The monoisotopic (exact) mass is 282 g/mol. The number of hydrogen-bond acceptors (Lipinski definition) is 3. The highest BCUT2D eigenvalue weighted by atomic mass is 19.4. The Bertz CT molecular complexity index is 586. The predicted molar refractivity (Wildman–Crippen MR) is 67.8 cm³/mol. The summed E-state index contributed by atoms with van der Waals surface area (Å²) >= 11 is 0. The van der Waals surface area contributed by atoms with Crippen molar-refractivity contribution in [2.45, 2.75) is 19.0 Å². The van der Waals surface area contributed by atoms with Gasteiger partial charge in [-0.25, -0.2) is 4.68 Å². The van der Waals surface area contributed by atoms with Crippen molar-refractivity contribution in [1.82, 2.24) is 15.0 Å². The number of benzene rings is 1. The number of nitrogens with zero attached hydrogens (tertiary/aromatic N) is 4. The summed E-state index contributed by atoms with van der Waals surface area (Å²) in [5.41, 5.74) is 0.212. The van der Waals surface area contributed by atoms with Gasteiger partial charge in [-0.1, -0.05) is 5.21 Å². The Hall–Kier alpha value is -2.05. The van der Waals surface area contributed by atoms with Gasteiger partial charge < -0.3 is 4.90 Å². The maximum Gasteiger partial charge on any atom is 0.418 e. The lowest BCUT2D eigenvalue weighted by Gasteiger charge is -2.23. The van der Waals surface area contributed by atoms with E-state index in [0.29, 0.717) is 18.8 Å². The van der Waals surface area contributed by atoms with Gasteiger partial charge in [-0.15, -0.1) is 5.10 Å². The Morgan fingerprint density at radius 1 is 1.10 bits per heavy atom. The lowest BCUT2D eigenvalue weighted by molar-refractivity contribution is -0.137. The molecule has 1 aromatic heterocycles. The summed E-state index contributed by atoms with van der Waals surface area (Å²) < 4.78 is 40.8. The van der Waals surface area contributed by atoms with Crippen molar-refractivity contribution in [2.75, 3.05) is 18.0 Å². The summed E-state index contributed by atoms with van der Waals surface area (Å²) in [5, 5.41) is 7.49. The number of anilines is 1. The van der Waals surface area contributed by atoms with Crippen LogP contribution in [0, 0.1) is 0 Å². The summed E-state index contributed by atoms with van der Waals surface area (Å²) in [6.45, 7) is 1.31. The lowest BCUT2D eigenvalue weighted by Crippen LogP contribution is -2.22. The fourth-order valence-corrected chi connectivity index (χ4v) is 2.47. The van der Waals surface area contributed by atoms with Gasteiger partial charge >= 0.3 is 6.18 Å². The second-order valence-corrected chi connectivity index (χ2v) is 4.74. The van der Waals surface area contributed by atoms with Gasteiger partial charge in [0.2, 0.25) is 0 Å². The third-order valence-corrected chi connectivity index (χ3v) is 3.42. The van der Waals surface area contributed by atoms with Crippen LogP contribution in [0.1, 0.15) is 18.4 Å². The van der Waals surface area contributed by atoms with Gasteiger partial charge in [0, 0.05) is 13.1 Å². The van der Waals surface area contributed by atoms with E-state index in [4.69, 9.17) is 0 Å². The number of hydrogen-bond donors (Lipinski definition) is 0. The van der Waals surface area contributed by atoms with Gasteiger partial charge in [0.25, 0.3) is 0 Å². The molecule has 2 heterocycles. The number of alkyl halides is 3. The van der Waals surface area contributed by atoms with Crippen LogP contribution in [0.15, 0.2) is 30.6 Å². The largest absolute Gasteiger partial charge is 0.418 e. The summed E-state index contributed by atoms with van der Waals surface area (Å²) in [6, 6.07) is 4.06. The minimum atomic E-state index is -4.35. The lowest BCUT2D eigenvalue weighted by atomic mass is 10.1. The van der Waals surface area contributed by atoms with Gasteiger partial charge in [0.15, 0.2) is 0 Å². The average molecular weight is 282 g/mol. The van der Waals surface area contributed by atoms with Gasteiger partial charge in [-0.3, -0.25) is 0 Å². The molecular weight excluding hydrogens is 269 g/mol. The number of aromatic nitrogens is 3. The van der Waals surface area contributed by atoms with E-state index in [9.17, 15) is 13.2 Å². The van der Waals surface area contributed by atoms with Crippen molar-refractivity contribution in [3.63, 3.8) is 0 Å². The molecule has 7 heteroatoms. The van der Waals surface area contributed by atoms with E-state index < -0.39 is 11.7 Å². The first-order chi connectivity index (χ1) is 9.55. The van der Waals surface area contributed by atoms with Crippen molar-refractivity contribution >= 4 is 5.69 Å². The summed E-state index contributed by atoms with van der Waals surface area (Å²) in [4.78, 5) is 1.78. The Labute approximate surface area is 113 Å². The Kier molecular flexibility index (Phi) is 3.11. The molecular formula is C13H13F3N4. The molecule has 0 saturated carbocycles. The van der Waals surface area contributed by atoms with E-state index in [2.05, 4.69) is 10.3 Å². The first kappa shape index (κ1) is 13.0. The molecule has 1 aliphatic rings. The molecule has 1 fully saturated rings. The van der Waals surface area contributed by atoms with Crippen molar-refractivity contribution in [1.29, 1.82) is 0 Å². The second kappa shape index (κ2) is 4.81. The van der Waals surface area contributed by atoms with E-state index in [1.807, 2.05) is 0 Å². The standard InChI is InChI=1S/C13H13F3N4/c14-13(15,16)11-4-3-10(20-8-5-17-18-20)9-12(11)19-6-1-2-7-19/h3-5,8-9H,1-2,6-7H2. The highest BCUT2D eigenvalue weighted by Crippen LogP contribution is 2.38. The highest BCUT2D eigenvalue weighted by molar-refractivity contribution is 5.60. The third-order valence-electron chi connectivity index (χ3n) is 3.42. The minimum Gasteiger partial charge on any atom is -0.371 e. The van der Waals surface area contributed by atoms with Crippen LogP contribution < -0.4 is 4.90 Å². The first-order valence-electron chi connectivity index (χ1n) is 6.38. The number of halogens is 3. The molecule has 0 aliphatic carbocycles. The maximum absolute atomic E-state index is 13.1. The Balaban J connectivity index is 2.08. The molecule has 0 spiro atoms. The predicted octanol–water partition coefficient (Wildman–Crippen LogP) is 2.89. The smallest absolute Gasteiger partial charge is 0.371 e. The fraction of sp³-hybridized carbons (Fsp3) is 0.385. The molecule has 3 rings (SSSR count). The summed E-state index contributed by atoms with van der Waals surface area (Å²) in [7, 11) is 0. The topological polar surface area (TPSA) is 34.0 Å². The van der Waals surface area contributed by atoms with Crippen LogP contribution in [0.5, 0.6) is 0 Å². The SMILES string of the molecule is FC(F)(F)c1ccc(-n2ccnn2)cc1N1CCCC1. The van der Waals surface area contributed by atoms with Crippen LogP contribution >= 0.6 is 0 Å². The molecule has 0 atom stereocenters. The molecule has 0 amide bonds. The minimum absolute atomic E-state index is 0.225. The molecule has 0 bridgehead atoms. The van der Waals surface area contributed by atoms with Crippen molar-refractivity contribution in [3.05, 3.63) is 36.2 Å². The molecule has 0 N–H and O–H groups in total. The van der Waals surface area contributed by atoms with E-state index in [-0.39, 0.29) is 5.69 Å². The molecule has 1 aliphatic heterocycles. The van der Waals surface area contributed by atoms with Gasteiger partial charge in [-0.2, -0.15) is 13.2 Å². The molecule has 1 saturated heterocycles. The van der Waals surface area contributed by atoms with Crippen LogP contribution in [-0.4, -0.2) is 28.1 Å². The second-order valence-electron chi connectivity index (χ2n) is 4.74. The van der Waals surface area contributed by atoms with Gasteiger partial charge in [0.05, 0.1) is 29.3 Å². The molecule has 0 radical (unpaired) electrons. The van der Waals surface area contributed by atoms with Gasteiger partial charge in [0.1, 0.15) is 0 Å². The molecule has 1 aromatic carbocycles. The first-order valence-corrected chi connectivity index (χ1v) is 6.38. The van der Waals surface area contributed by atoms with Crippen LogP contribution in [0.25, 0.3) is 5.69 Å². The molecule has 106 valence electrons. The van der Waals surface area contributed by atoms with Crippen LogP contribution in [-0.2, 0) is 6.18 Å². The van der Waals surface area contributed by atoms with E-state index in [0.717, 1.165) is 18.9 Å². The van der Waals surface area contributed by atoms with Crippen LogP contribution in [0.4, 0.5) is 18.9 Å². The van der Waals surface area contributed by atoms with Crippen LogP contribution in [0.2, 0.25) is 0 Å².